The van der Waals surface area contributed by atoms with Crippen LogP contribution in [0, 0.1) is 0 Å². The zero-order chi connectivity index (χ0) is 11.4. The molecule has 0 spiro atoms. The molecule has 0 unspecified atom stereocenters. The average Bonchev–Trinajstić information content (AvgIpc) is 2.01. The zero-order valence-electron chi connectivity index (χ0n) is 7.14. The lowest BCUT2D eigenvalue weighted by Crippen LogP contribution is -2.28. The summed E-state index contributed by atoms with van der Waals surface area (Å²) in [7, 11) is -3.37. The van der Waals surface area contributed by atoms with E-state index in [1.807, 2.05) is 0 Å². The summed E-state index contributed by atoms with van der Waals surface area (Å²) in [5.74, 6) is -0.000897. The third-order valence-corrected chi connectivity index (χ3v) is 6.09. The van der Waals surface area contributed by atoms with E-state index < -0.39 is 18.5 Å². The molecule has 0 amide bonds. The first-order chi connectivity index (χ1) is 6.21. The van der Waals surface area contributed by atoms with Crippen LogP contribution in [-0.2, 0) is 10.0 Å². The molecule has 1 N–H and O–H groups in total. The number of rotatable bonds is 6. The van der Waals surface area contributed by atoms with E-state index in [1.54, 1.807) is 6.92 Å². The van der Waals surface area contributed by atoms with E-state index in [0.717, 1.165) is 0 Å². The number of nitrogens with one attached hydrogen (secondary N) is 1. The Kier molecular flexibility index (Phi) is 6.86. The summed E-state index contributed by atoms with van der Waals surface area (Å²) in [6.45, 7) is 1.74. The van der Waals surface area contributed by atoms with Gasteiger partial charge in [-0.15, -0.1) is 23.2 Å². The molecule has 0 aliphatic carbocycles. The highest BCUT2D eigenvalue weighted by molar-refractivity contribution is 8.11. The van der Waals surface area contributed by atoms with Gasteiger partial charge in [-0.25, -0.2) is 8.42 Å². The highest BCUT2D eigenvalue weighted by Gasteiger charge is 2.34. The van der Waals surface area contributed by atoms with Crippen molar-refractivity contribution in [2.45, 2.75) is 21.8 Å². The van der Waals surface area contributed by atoms with Crippen LogP contribution in [0.1, 0.15) is 13.3 Å². The Morgan fingerprint density at radius 1 is 1.43 bits per heavy atom. The fourth-order valence-electron chi connectivity index (χ4n) is 0.474. The maximum absolute atomic E-state index is 11.2. The molecule has 0 heterocycles. The first-order valence-electron chi connectivity index (χ1n) is 3.54. The Hall–Kier alpha value is 1.42. The van der Waals surface area contributed by atoms with Gasteiger partial charge in [-0.1, -0.05) is 30.1 Å². The Balaban J connectivity index is 4.19. The normalized spacial score (nSPS) is 13.6. The van der Waals surface area contributed by atoms with Crippen molar-refractivity contribution in [2.75, 3.05) is 5.75 Å². The molecule has 0 saturated carbocycles. The molecule has 9 heteroatoms. The second-order valence-electron chi connectivity index (χ2n) is 2.37. The lowest BCUT2D eigenvalue weighted by Gasteiger charge is -2.19. The average molecular weight is 321 g/mol. The monoisotopic (exact) mass is 319 g/mol. The van der Waals surface area contributed by atoms with Crippen LogP contribution in [0.2, 0.25) is 0 Å². The molecule has 0 rings (SSSR count). The standard InChI is InChI=1S/C5H9Cl4NO2S2/c1-2-3-14(11,12)10-13-5(8,9)4(6)7/h4,10H,2-3H2,1H3. The molecule has 0 bridgehead atoms. The van der Waals surface area contributed by atoms with Crippen molar-refractivity contribution >= 4 is 68.4 Å². The predicted octanol–water partition coefficient (Wildman–Crippen LogP) is 2.90. The molecule has 0 aliphatic rings. The third kappa shape index (κ3) is 6.10. The number of alkyl halides is 4. The van der Waals surface area contributed by atoms with Crippen molar-refractivity contribution in [1.82, 2.24) is 4.13 Å². The van der Waals surface area contributed by atoms with Gasteiger partial charge in [0.05, 0.1) is 5.75 Å². The van der Waals surface area contributed by atoms with Crippen molar-refractivity contribution in [3.63, 3.8) is 0 Å². The Bertz CT molecular complexity index is 267. The lowest BCUT2D eigenvalue weighted by atomic mass is 10.6. The summed E-state index contributed by atoms with van der Waals surface area (Å²) < 4.78 is 22.9. The van der Waals surface area contributed by atoms with Gasteiger partial charge in [-0.2, -0.15) is 4.13 Å². The second-order valence-corrected chi connectivity index (χ2v) is 8.45. The van der Waals surface area contributed by atoms with Gasteiger partial charge < -0.3 is 0 Å². The SMILES string of the molecule is CCCS(=O)(=O)NSC(Cl)(Cl)C(Cl)Cl. The summed E-state index contributed by atoms with van der Waals surface area (Å²) in [6.07, 6.45) is 0.499. The summed E-state index contributed by atoms with van der Waals surface area (Å²) in [4.78, 5) is -1.10. The fourth-order valence-corrected chi connectivity index (χ4v) is 3.22. The van der Waals surface area contributed by atoms with Gasteiger partial charge >= 0.3 is 0 Å². The first-order valence-corrected chi connectivity index (χ1v) is 7.64. The number of hydrogen-bond acceptors (Lipinski definition) is 3. The molecular weight excluding hydrogens is 312 g/mol. The van der Waals surface area contributed by atoms with Crippen molar-refractivity contribution in [1.29, 1.82) is 0 Å². The van der Waals surface area contributed by atoms with Crippen molar-refractivity contribution in [2.24, 2.45) is 0 Å². The van der Waals surface area contributed by atoms with E-state index in [0.29, 0.717) is 18.4 Å². The lowest BCUT2D eigenvalue weighted by molar-refractivity contribution is 0.593. The Morgan fingerprint density at radius 2 is 1.93 bits per heavy atom. The van der Waals surface area contributed by atoms with E-state index in [2.05, 4.69) is 4.13 Å². The molecule has 0 aromatic carbocycles. The minimum absolute atomic E-state index is 0.000897. The molecule has 0 atom stereocenters. The van der Waals surface area contributed by atoms with E-state index in [9.17, 15) is 8.42 Å². The highest BCUT2D eigenvalue weighted by atomic mass is 35.5. The predicted molar refractivity (Wildman–Crippen MR) is 64.7 cm³/mol. The van der Waals surface area contributed by atoms with E-state index in [-0.39, 0.29) is 5.75 Å². The van der Waals surface area contributed by atoms with Crippen LogP contribution in [0.5, 0.6) is 0 Å². The number of hydrogen-bond donors (Lipinski definition) is 1. The molecule has 14 heavy (non-hydrogen) atoms. The minimum Gasteiger partial charge on any atom is -0.212 e. The summed E-state index contributed by atoms with van der Waals surface area (Å²) in [5.41, 5.74) is 0. The molecule has 3 nitrogen and oxygen atoms in total. The minimum atomic E-state index is -3.37. The molecular formula is C5H9Cl4NO2S2. The van der Waals surface area contributed by atoms with Gasteiger partial charge in [0.1, 0.15) is 0 Å². The topological polar surface area (TPSA) is 46.2 Å². The fraction of sp³-hybridized carbons (Fsp3) is 1.00. The van der Waals surface area contributed by atoms with Crippen LogP contribution < -0.4 is 4.13 Å². The maximum Gasteiger partial charge on any atom is 0.220 e. The zero-order valence-corrected chi connectivity index (χ0v) is 11.8. The molecule has 86 valence electrons. The number of sulfonamides is 1. The van der Waals surface area contributed by atoms with Gasteiger partial charge in [0.2, 0.25) is 13.7 Å². The molecule has 0 aliphatic heterocycles. The van der Waals surface area contributed by atoms with Gasteiger partial charge in [-0.05, 0) is 18.4 Å². The molecule has 0 saturated heterocycles. The van der Waals surface area contributed by atoms with Gasteiger partial charge in [0, 0.05) is 0 Å². The second kappa shape index (κ2) is 6.23. The maximum atomic E-state index is 11.2. The third-order valence-electron chi connectivity index (χ3n) is 1.03. The summed E-state index contributed by atoms with van der Waals surface area (Å²) >= 11 is 22.6. The molecule has 0 fully saturated rings. The van der Waals surface area contributed by atoms with Gasteiger partial charge in [-0.3, -0.25) is 0 Å². The van der Waals surface area contributed by atoms with Gasteiger partial charge in [0.15, 0.2) is 4.84 Å². The van der Waals surface area contributed by atoms with E-state index >= 15 is 0 Å². The van der Waals surface area contributed by atoms with Crippen LogP contribution in [0.25, 0.3) is 0 Å². The largest absolute Gasteiger partial charge is 0.220 e. The van der Waals surface area contributed by atoms with Crippen LogP contribution in [-0.4, -0.2) is 22.7 Å². The number of halogens is 4. The van der Waals surface area contributed by atoms with Crippen molar-refractivity contribution in [3.05, 3.63) is 0 Å². The van der Waals surface area contributed by atoms with Crippen molar-refractivity contribution < 1.29 is 8.42 Å². The van der Waals surface area contributed by atoms with Crippen LogP contribution in [0.3, 0.4) is 0 Å². The first kappa shape index (κ1) is 15.4. The summed E-state index contributed by atoms with van der Waals surface area (Å²) in [5, 5.41) is 0. The van der Waals surface area contributed by atoms with E-state index in [1.165, 1.54) is 0 Å². The van der Waals surface area contributed by atoms with E-state index in [4.69, 9.17) is 46.4 Å². The molecule has 0 radical (unpaired) electrons. The molecule has 0 aromatic rings. The van der Waals surface area contributed by atoms with Crippen LogP contribution >= 0.6 is 58.4 Å². The van der Waals surface area contributed by atoms with Crippen molar-refractivity contribution in [3.8, 4) is 0 Å². The smallest absolute Gasteiger partial charge is 0.212 e. The molecule has 0 aromatic heterocycles. The van der Waals surface area contributed by atoms with Crippen LogP contribution in [0.15, 0.2) is 0 Å². The Labute approximate surface area is 108 Å². The quantitative estimate of drug-likeness (QED) is 0.604. The summed E-state index contributed by atoms with van der Waals surface area (Å²) in [6, 6.07) is 0. The van der Waals surface area contributed by atoms with Gasteiger partial charge in [0.25, 0.3) is 0 Å². The van der Waals surface area contributed by atoms with Crippen LogP contribution in [0.4, 0.5) is 0 Å². The Morgan fingerprint density at radius 3 is 2.29 bits per heavy atom. The highest BCUT2D eigenvalue weighted by Crippen LogP contribution is 2.41.